The normalized spacial score (nSPS) is 17.4. The molecule has 0 radical (unpaired) electrons. The fourth-order valence-electron chi connectivity index (χ4n) is 5.01. The fraction of sp³-hybridized carbons (Fsp3) is 0.464. The van der Waals surface area contributed by atoms with Gasteiger partial charge in [-0.3, -0.25) is 24.2 Å². The van der Waals surface area contributed by atoms with Crippen molar-refractivity contribution in [2.75, 3.05) is 0 Å². The zero-order valence-corrected chi connectivity index (χ0v) is 20.5. The number of benzene rings is 1. The van der Waals surface area contributed by atoms with Gasteiger partial charge in [-0.15, -0.1) is 0 Å². The Kier molecular flexibility index (Phi) is 8.46. The van der Waals surface area contributed by atoms with Gasteiger partial charge in [0.2, 0.25) is 17.6 Å². The highest BCUT2D eigenvalue weighted by molar-refractivity contribution is 6.38. The molecule has 4 rings (SSSR count). The largest absolute Gasteiger partial charge is 0.344 e. The van der Waals surface area contributed by atoms with Crippen molar-refractivity contribution in [3.05, 3.63) is 66.0 Å². The van der Waals surface area contributed by atoms with Gasteiger partial charge in [0.25, 0.3) is 5.91 Å². The van der Waals surface area contributed by atoms with E-state index >= 15 is 0 Å². The van der Waals surface area contributed by atoms with Crippen molar-refractivity contribution in [1.29, 1.82) is 0 Å². The van der Waals surface area contributed by atoms with E-state index in [2.05, 4.69) is 20.9 Å². The number of hydrogen-bond acceptors (Lipinski definition) is 5. The van der Waals surface area contributed by atoms with Gasteiger partial charge in [-0.2, -0.15) is 0 Å². The van der Waals surface area contributed by atoms with E-state index in [1.807, 2.05) is 30.3 Å². The van der Waals surface area contributed by atoms with Crippen LogP contribution in [0.2, 0.25) is 0 Å². The number of carbonyl (C=O) groups is 4. The van der Waals surface area contributed by atoms with Crippen LogP contribution in [0.3, 0.4) is 0 Å². The molecule has 3 amide bonds. The molecule has 1 aromatic carbocycles. The first-order chi connectivity index (χ1) is 17.4. The topological polar surface area (TPSA) is 117 Å². The molecular weight excluding hydrogens is 456 g/mol. The Hall–Kier alpha value is -3.55. The van der Waals surface area contributed by atoms with Crippen LogP contribution >= 0.6 is 0 Å². The summed E-state index contributed by atoms with van der Waals surface area (Å²) in [6, 6.07) is 13.5. The number of nitrogens with zero attached hydrogens (tertiary/aromatic N) is 1. The Labute approximate surface area is 211 Å². The number of carbonyl (C=O) groups excluding carboxylic acids is 4. The van der Waals surface area contributed by atoms with E-state index in [0.29, 0.717) is 30.9 Å². The van der Waals surface area contributed by atoms with Gasteiger partial charge in [0, 0.05) is 19.0 Å². The van der Waals surface area contributed by atoms with Gasteiger partial charge in [-0.05, 0) is 55.7 Å². The van der Waals surface area contributed by atoms with Crippen LogP contribution in [-0.2, 0) is 32.1 Å². The third kappa shape index (κ3) is 6.56. The second-order valence-corrected chi connectivity index (χ2v) is 9.92. The molecule has 0 bridgehead atoms. The number of hydrogen-bond donors (Lipinski definition) is 3. The SMILES string of the molecule is O=C(CC1CCCC1)NC1(C(=O)N[C@H](Cc2ccccc2)C(=O)C(=O)NCc2ccccn2)CCC1. The van der Waals surface area contributed by atoms with E-state index < -0.39 is 29.2 Å². The van der Waals surface area contributed by atoms with Gasteiger partial charge in [0.1, 0.15) is 11.6 Å². The van der Waals surface area contributed by atoms with Crippen LogP contribution in [0, 0.1) is 5.92 Å². The molecule has 190 valence electrons. The number of ketones is 1. The molecule has 2 aliphatic carbocycles. The summed E-state index contributed by atoms with van der Waals surface area (Å²) in [5, 5.41) is 8.38. The van der Waals surface area contributed by atoms with Crippen molar-refractivity contribution in [1.82, 2.24) is 20.9 Å². The number of Topliss-reactive ketones (excluding diaryl/α,β-unsaturated/α-hetero) is 1. The van der Waals surface area contributed by atoms with E-state index in [1.165, 1.54) is 0 Å². The van der Waals surface area contributed by atoms with Crippen molar-refractivity contribution in [3.63, 3.8) is 0 Å². The van der Waals surface area contributed by atoms with E-state index in [0.717, 1.165) is 37.7 Å². The van der Waals surface area contributed by atoms with Crippen molar-refractivity contribution >= 4 is 23.5 Å². The number of amides is 3. The standard InChI is InChI=1S/C28H34N4O4/c33-24(18-21-11-4-5-12-21)32-28(14-8-15-28)27(36)31-23(17-20-9-2-1-3-10-20)25(34)26(35)30-19-22-13-6-7-16-29-22/h1-3,6-7,9-10,13,16,21,23H,4-5,8,11-12,14-15,17-19H2,(H,30,35)(H,31,36)(H,32,33)/t23-/m1/s1. The summed E-state index contributed by atoms with van der Waals surface area (Å²) < 4.78 is 0. The molecule has 1 atom stereocenters. The van der Waals surface area contributed by atoms with Crippen molar-refractivity contribution in [2.24, 2.45) is 5.92 Å². The van der Waals surface area contributed by atoms with Crippen molar-refractivity contribution in [3.8, 4) is 0 Å². The molecule has 2 aromatic rings. The molecule has 36 heavy (non-hydrogen) atoms. The predicted octanol–water partition coefficient (Wildman–Crippen LogP) is 2.61. The Bertz CT molecular complexity index is 1060. The summed E-state index contributed by atoms with van der Waals surface area (Å²) in [6.45, 7) is 0.110. The Morgan fingerprint density at radius 1 is 0.944 bits per heavy atom. The highest BCUT2D eigenvalue weighted by Crippen LogP contribution is 2.33. The first-order valence-electron chi connectivity index (χ1n) is 12.8. The fourth-order valence-corrected chi connectivity index (χ4v) is 5.01. The van der Waals surface area contributed by atoms with Crippen LogP contribution < -0.4 is 16.0 Å². The van der Waals surface area contributed by atoms with Gasteiger partial charge < -0.3 is 16.0 Å². The van der Waals surface area contributed by atoms with Crippen molar-refractivity contribution in [2.45, 2.75) is 75.9 Å². The lowest BCUT2D eigenvalue weighted by molar-refractivity contribution is -0.142. The summed E-state index contributed by atoms with van der Waals surface area (Å²) in [6.07, 6.45) is 8.47. The highest BCUT2D eigenvalue weighted by atomic mass is 16.2. The molecule has 0 spiro atoms. The molecule has 8 heteroatoms. The molecule has 2 aliphatic rings. The maximum Gasteiger partial charge on any atom is 0.289 e. The smallest absolute Gasteiger partial charge is 0.289 e. The molecule has 2 saturated carbocycles. The van der Waals surface area contributed by atoms with Gasteiger partial charge in [0.15, 0.2) is 0 Å². The number of aromatic nitrogens is 1. The molecule has 1 aromatic heterocycles. The van der Waals surface area contributed by atoms with E-state index in [1.54, 1.807) is 24.4 Å². The van der Waals surface area contributed by atoms with Crippen LogP contribution in [-0.4, -0.2) is 40.1 Å². The molecule has 0 saturated heterocycles. The quantitative estimate of drug-likeness (QED) is 0.419. The molecule has 3 N–H and O–H groups in total. The second-order valence-electron chi connectivity index (χ2n) is 9.92. The van der Waals surface area contributed by atoms with Crippen LogP contribution in [0.5, 0.6) is 0 Å². The molecule has 2 fully saturated rings. The highest BCUT2D eigenvalue weighted by Gasteiger charge is 2.46. The van der Waals surface area contributed by atoms with Crippen LogP contribution in [0.15, 0.2) is 54.7 Å². The zero-order chi connectivity index (χ0) is 25.4. The zero-order valence-electron chi connectivity index (χ0n) is 20.5. The summed E-state index contributed by atoms with van der Waals surface area (Å²) in [5.74, 6) is -1.65. The summed E-state index contributed by atoms with van der Waals surface area (Å²) in [7, 11) is 0. The number of rotatable bonds is 11. The van der Waals surface area contributed by atoms with Gasteiger partial charge in [0.05, 0.1) is 12.2 Å². The average Bonchev–Trinajstić information content (AvgIpc) is 3.38. The maximum absolute atomic E-state index is 13.4. The van der Waals surface area contributed by atoms with Crippen LogP contribution in [0.1, 0.15) is 62.6 Å². The lowest BCUT2D eigenvalue weighted by Gasteiger charge is -2.41. The van der Waals surface area contributed by atoms with Gasteiger partial charge in [-0.1, -0.05) is 49.2 Å². The lowest BCUT2D eigenvalue weighted by atomic mass is 9.75. The van der Waals surface area contributed by atoms with Gasteiger partial charge in [-0.25, -0.2) is 0 Å². The van der Waals surface area contributed by atoms with Crippen LogP contribution in [0.25, 0.3) is 0 Å². The van der Waals surface area contributed by atoms with E-state index in [-0.39, 0.29) is 18.9 Å². The van der Waals surface area contributed by atoms with E-state index in [9.17, 15) is 19.2 Å². The van der Waals surface area contributed by atoms with Crippen LogP contribution in [0.4, 0.5) is 0 Å². The Morgan fingerprint density at radius 2 is 1.67 bits per heavy atom. The molecule has 0 aliphatic heterocycles. The molecule has 8 nitrogen and oxygen atoms in total. The Balaban J connectivity index is 1.42. The minimum Gasteiger partial charge on any atom is -0.344 e. The summed E-state index contributed by atoms with van der Waals surface area (Å²) in [5.41, 5.74) is 0.428. The first-order valence-corrected chi connectivity index (χ1v) is 12.8. The van der Waals surface area contributed by atoms with Crippen molar-refractivity contribution < 1.29 is 19.2 Å². The maximum atomic E-state index is 13.4. The van der Waals surface area contributed by atoms with E-state index in [4.69, 9.17) is 0 Å². The summed E-state index contributed by atoms with van der Waals surface area (Å²) >= 11 is 0. The minimum atomic E-state index is -1.05. The molecule has 0 unspecified atom stereocenters. The summed E-state index contributed by atoms with van der Waals surface area (Å²) in [4.78, 5) is 56.2. The minimum absolute atomic E-state index is 0.110. The predicted molar refractivity (Wildman–Crippen MR) is 134 cm³/mol. The monoisotopic (exact) mass is 490 g/mol. The number of pyridine rings is 1. The lowest BCUT2D eigenvalue weighted by Crippen LogP contribution is -2.65. The number of nitrogens with one attached hydrogen (secondary N) is 3. The molecular formula is C28H34N4O4. The third-order valence-electron chi connectivity index (χ3n) is 7.25. The first kappa shape index (κ1) is 25.5. The second kappa shape index (κ2) is 11.9. The average molecular weight is 491 g/mol. The molecule has 1 heterocycles. The third-order valence-corrected chi connectivity index (χ3v) is 7.25. The van der Waals surface area contributed by atoms with Gasteiger partial charge >= 0.3 is 0 Å². The Morgan fingerprint density at radius 3 is 2.31 bits per heavy atom.